The van der Waals surface area contributed by atoms with E-state index in [-0.39, 0.29) is 11.9 Å². The second-order valence-electron chi connectivity index (χ2n) is 4.72. The van der Waals surface area contributed by atoms with Gasteiger partial charge in [-0.1, -0.05) is 13.8 Å². The molecule has 1 amide bonds. The molecule has 0 aliphatic heterocycles. The van der Waals surface area contributed by atoms with Crippen molar-refractivity contribution in [2.75, 3.05) is 27.2 Å². The van der Waals surface area contributed by atoms with E-state index in [4.69, 9.17) is 5.73 Å². The summed E-state index contributed by atoms with van der Waals surface area (Å²) >= 11 is 0. The van der Waals surface area contributed by atoms with Gasteiger partial charge in [0.2, 0.25) is 5.91 Å². The first-order valence-corrected chi connectivity index (χ1v) is 6.13. The van der Waals surface area contributed by atoms with Gasteiger partial charge in [0.15, 0.2) is 0 Å². The average Bonchev–Trinajstić information content (AvgIpc) is 2.25. The van der Waals surface area contributed by atoms with Crippen molar-refractivity contribution in [3.8, 4) is 0 Å². The molecular weight excluding hydrogens is 202 g/mol. The largest absolute Gasteiger partial charge is 0.346 e. The Morgan fingerprint density at radius 2 is 2.06 bits per heavy atom. The summed E-state index contributed by atoms with van der Waals surface area (Å²) in [7, 11) is 3.75. The van der Waals surface area contributed by atoms with Gasteiger partial charge >= 0.3 is 0 Å². The minimum atomic E-state index is 0.188. The number of nitrogens with two attached hydrogens (primary N) is 1. The number of rotatable bonds is 8. The lowest BCUT2D eigenvalue weighted by Gasteiger charge is -2.21. The molecule has 1 atom stereocenters. The molecule has 0 saturated heterocycles. The average molecular weight is 229 g/mol. The van der Waals surface area contributed by atoms with Crippen molar-refractivity contribution in [1.29, 1.82) is 0 Å². The van der Waals surface area contributed by atoms with Gasteiger partial charge in [-0.05, 0) is 32.4 Å². The standard InChI is InChI=1S/C12H27N3O/c1-10(2)11(13)7-9-15(4)12(16)6-5-8-14-3/h10-11,14H,5-9,13H2,1-4H3. The third-order valence-corrected chi connectivity index (χ3v) is 2.90. The molecule has 0 aliphatic rings. The molecule has 0 heterocycles. The molecule has 1 unspecified atom stereocenters. The highest BCUT2D eigenvalue weighted by molar-refractivity contribution is 5.75. The highest BCUT2D eigenvalue weighted by Crippen LogP contribution is 2.04. The molecule has 3 N–H and O–H groups in total. The minimum Gasteiger partial charge on any atom is -0.346 e. The molecule has 0 aromatic heterocycles. The maximum absolute atomic E-state index is 11.7. The number of hydrogen-bond donors (Lipinski definition) is 2. The molecule has 0 aromatic carbocycles. The molecule has 0 aliphatic carbocycles. The van der Waals surface area contributed by atoms with Crippen LogP contribution in [0.3, 0.4) is 0 Å². The van der Waals surface area contributed by atoms with Crippen LogP contribution in [0.25, 0.3) is 0 Å². The van der Waals surface area contributed by atoms with Crippen molar-refractivity contribution >= 4 is 5.91 Å². The molecule has 0 bridgehead atoms. The topological polar surface area (TPSA) is 58.4 Å². The first kappa shape index (κ1) is 15.4. The summed E-state index contributed by atoms with van der Waals surface area (Å²) in [5.74, 6) is 0.694. The Morgan fingerprint density at radius 3 is 2.56 bits per heavy atom. The van der Waals surface area contributed by atoms with Crippen LogP contribution in [0.15, 0.2) is 0 Å². The van der Waals surface area contributed by atoms with Crippen LogP contribution in [0.4, 0.5) is 0 Å². The van der Waals surface area contributed by atoms with Crippen LogP contribution in [-0.2, 0) is 4.79 Å². The van der Waals surface area contributed by atoms with Gasteiger partial charge in [0.05, 0.1) is 0 Å². The zero-order valence-electron chi connectivity index (χ0n) is 11.1. The number of carbonyl (C=O) groups is 1. The fourth-order valence-electron chi connectivity index (χ4n) is 1.41. The predicted octanol–water partition coefficient (Wildman–Crippen LogP) is 0.818. The fraction of sp³-hybridized carbons (Fsp3) is 0.917. The Balaban J connectivity index is 3.70. The van der Waals surface area contributed by atoms with Crippen LogP contribution in [0, 0.1) is 5.92 Å². The maximum atomic E-state index is 11.7. The molecule has 96 valence electrons. The first-order chi connectivity index (χ1) is 7.49. The van der Waals surface area contributed by atoms with Gasteiger partial charge < -0.3 is 16.0 Å². The zero-order chi connectivity index (χ0) is 12.6. The molecule has 0 rings (SSSR count). The van der Waals surface area contributed by atoms with Crippen LogP contribution >= 0.6 is 0 Å². The van der Waals surface area contributed by atoms with Gasteiger partial charge in [-0.3, -0.25) is 4.79 Å². The summed E-state index contributed by atoms with van der Waals surface area (Å²) < 4.78 is 0. The van der Waals surface area contributed by atoms with Gasteiger partial charge in [0.1, 0.15) is 0 Å². The molecule has 0 aromatic rings. The third-order valence-electron chi connectivity index (χ3n) is 2.90. The highest BCUT2D eigenvalue weighted by atomic mass is 16.2. The summed E-state index contributed by atoms with van der Waals surface area (Å²) in [5.41, 5.74) is 5.94. The van der Waals surface area contributed by atoms with E-state index in [0.29, 0.717) is 12.3 Å². The summed E-state index contributed by atoms with van der Waals surface area (Å²) in [5, 5.41) is 3.04. The Bertz CT molecular complexity index is 195. The fourth-order valence-corrected chi connectivity index (χ4v) is 1.41. The van der Waals surface area contributed by atoms with E-state index in [1.165, 1.54) is 0 Å². The van der Waals surface area contributed by atoms with Crippen molar-refractivity contribution in [2.45, 2.75) is 39.2 Å². The number of hydrogen-bond acceptors (Lipinski definition) is 3. The SMILES string of the molecule is CNCCCC(=O)N(C)CCC(N)C(C)C. The van der Waals surface area contributed by atoms with E-state index in [9.17, 15) is 4.79 Å². The maximum Gasteiger partial charge on any atom is 0.222 e. The molecule has 16 heavy (non-hydrogen) atoms. The van der Waals surface area contributed by atoms with Gasteiger partial charge in [0, 0.05) is 26.1 Å². The Morgan fingerprint density at radius 1 is 1.44 bits per heavy atom. The Hall–Kier alpha value is -0.610. The van der Waals surface area contributed by atoms with Crippen molar-refractivity contribution < 1.29 is 4.79 Å². The van der Waals surface area contributed by atoms with Crippen molar-refractivity contribution in [3.05, 3.63) is 0 Å². The van der Waals surface area contributed by atoms with E-state index in [2.05, 4.69) is 19.2 Å². The number of carbonyl (C=O) groups excluding carboxylic acids is 1. The predicted molar refractivity (Wildman–Crippen MR) is 68.2 cm³/mol. The van der Waals surface area contributed by atoms with E-state index >= 15 is 0 Å². The lowest BCUT2D eigenvalue weighted by atomic mass is 10.0. The summed E-state index contributed by atoms with van der Waals surface area (Å²) in [6.45, 7) is 5.88. The third kappa shape index (κ3) is 6.80. The van der Waals surface area contributed by atoms with Crippen LogP contribution in [0.2, 0.25) is 0 Å². The summed E-state index contributed by atoms with van der Waals surface area (Å²) in [6.07, 6.45) is 2.40. The van der Waals surface area contributed by atoms with E-state index in [0.717, 1.165) is 25.9 Å². The summed E-state index contributed by atoms with van der Waals surface area (Å²) in [4.78, 5) is 13.4. The normalized spacial score (nSPS) is 12.9. The molecular formula is C12H27N3O. The molecule has 4 heteroatoms. The zero-order valence-corrected chi connectivity index (χ0v) is 11.1. The monoisotopic (exact) mass is 229 g/mol. The minimum absolute atomic E-state index is 0.188. The van der Waals surface area contributed by atoms with E-state index in [1.54, 1.807) is 4.90 Å². The second kappa shape index (κ2) is 8.53. The van der Waals surface area contributed by atoms with E-state index in [1.807, 2.05) is 14.1 Å². The Labute approximate surface area is 99.6 Å². The van der Waals surface area contributed by atoms with Gasteiger partial charge in [0.25, 0.3) is 0 Å². The lowest BCUT2D eigenvalue weighted by molar-refractivity contribution is -0.130. The molecule has 0 spiro atoms. The number of amides is 1. The van der Waals surface area contributed by atoms with Crippen LogP contribution < -0.4 is 11.1 Å². The molecule has 0 radical (unpaired) electrons. The van der Waals surface area contributed by atoms with Crippen LogP contribution in [0.5, 0.6) is 0 Å². The number of nitrogens with one attached hydrogen (secondary N) is 1. The first-order valence-electron chi connectivity index (χ1n) is 6.13. The summed E-state index contributed by atoms with van der Waals surface area (Å²) in [6, 6.07) is 0.188. The highest BCUT2D eigenvalue weighted by Gasteiger charge is 2.12. The van der Waals surface area contributed by atoms with Crippen molar-refractivity contribution in [1.82, 2.24) is 10.2 Å². The quantitative estimate of drug-likeness (QED) is 0.606. The smallest absolute Gasteiger partial charge is 0.222 e. The van der Waals surface area contributed by atoms with E-state index < -0.39 is 0 Å². The van der Waals surface area contributed by atoms with Crippen LogP contribution in [-0.4, -0.2) is 44.0 Å². The molecule has 0 fully saturated rings. The van der Waals surface area contributed by atoms with Crippen molar-refractivity contribution in [2.24, 2.45) is 11.7 Å². The van der Waals surface area contributed by atoms with Gasteiger partial charge in [-0.2, -0.15) is 0 Å². The second-order valence-corrected chi connectivity index (χ2v) is 4.72. The lowest BCUT2D eigenvalue weighted by Crippen LogP contribution is -2.34. The number of nitrogens with zero attached hydrogens (tertiary/aromatic N) is 1. The Kier molecular flexibility index (Phi) is 8.21. The van der Waals surface area contributed by atoms with Gasteiger partial charge in [-0.25, -0.2) is 0 Å². The van der Waals surface area contributed by atoms with Crippen molar-refractivity contribution in [3.63, 3.8) is 0 Å². The van der Waals surface area contributed by atoms with Crippen LogP contribution in [0.1, 0.15) is 33.1 Å². The molecule has 4 nitrogen and oxygen atoms in total. The molecule has 0 saturated carbocycles. The van der Waals surface area contributed by atoms with Gasteiger partial charge in [-0.15, -0.1) is 0 Å².